The number of carbonyl (C=O) groups is 1. The number of nitrogens with two attached hydrogens (primary N) is 1. The quantitative estimate of drug-likeness (QED) is 0.643. The van der Waals surface area contributed by atoms with Crippen molar-refractivity contribution in [1.29, 1.82) is 0 Å². The van der Waals surface area contributed by atoms with Crippen molar-refractivity contribution < 1.29 is 4.79 Å². The van der Waals surface area contributed by atoms with Crippen molar-refractivity contribution in [3.8, 4) is 0 Å². The molecule has 1 fully saturated rings. The third kappa shape index (κ3) is 3.65. The number of hydrogen-bond donors (Lipinski definition) is 2. The van der Waals surface area contributed by atoms with Crippen LogP contribution in [0.1, 0.15) is 13.8 Å². The van der Waals surface area contributed by atoms with Crippen LogP contribution >= 0.6 is 23.2 Å². The van der Waals surface area contributed by atoms with Crippen LogP contribution in [0.4, 0.5) is 5.69 Å². The molecular formula is C13H15Cl2N5O. The van der Waals surface area contributed by atoms with Gasteiger partial charge in [-0.05, 0) is 26.0 Å². The lowest BCUT2D eigenvalue weighted by Gasteiger charge is -2.18. The van der Waals surface area contributed by atoms with Crippen LogP contribution in [0.2, 0.25) is 10.0 Å². The van der Waals surface area contributed by atoms with Crippen molar-refractivity contribution in [2.45, 2.75) is 19.9 Å². The van der Waals surface area contributed by atoms with Crippen molar-refractivity contribution in [2.75, 3.05) is 11.4 Å². The molecule has 1 amide bonds. The second kappa shape index (κ2) is 6.32. The summed E-state index contributed by atoms with van der Waals surface area (Å²) in [7, 11) is 0. The number of anilines is 1. The van der Waals surface area contributed by atoms with Gasteiger partial charge in [-0.15, -0.1) is 0 Å². The maximum atomic E-state index is 11.6. The monoisotopic (exact) mass is 327 g/mol. The van der Waals surface area contributed by atoms with Crippen molar-refractivity contribution in [3.63, 3.8) is 0 Å². The summed E-state index contributed by atoms with van der Waals surface area (Å²) in [5, 5.41) is 3.38. The van der Waals surface area contributed by atoms with Gasteiger partial charge in [0.15, 0.2) is 0 Å². The molecule has 0 atom stereocenters. The first-order valence-electron chi connectivity index (χ1n) is 6.32. The van der Waals surface area contributed by atoms with E-state index in [4.69, 9.17) is 28.9 Å². The number of nitrogens with zero attached hydrogens (tertiary/aromatic N) is 3. The van der Waals surface area contributed by atoms with E-state index in [1.807, 2.05) is 13.8 Å². The van der Waals surface area contributed by atoms with Crippen LogP contribution in [-0.2, 0) is 4.79 Å². The molecule has 1 aromatic carbocycles. The van der Waals surface area contributed by atoms with E-state index in [1.165, 1.54) is 0 Å². The maximum Gasteiger partial charge on any atom is 0.246 e. The van der Waals surface area contributed by atoms with Gasteiger partial charge < -0.3 is 10.6 Å². The molecule has 3 N–H and O–H groups in total. The highest BCUT2D eigenvalue weighted by molar-refractivity contribution is 6.44. The molecule has 1 aliphatic rings. The molecule has 1 saturated heterocycles. The van der Waals surface area contributed by atoms with Gasteiger partial charge in [0.25, 0.3) is 0 Å². The Bertz CT molecular complexity index is 627. The first kappa shape index (κ1) is 15.6. The minimum absolute atomic E-state index is 0.00895. The van der Waals surface area contributed by atoms with Gasteiger partial charge in [-0.3, -0.25) is 10.1 Å². The van der Waals surface area contributed by atoms with Crippen LogP contribution in [0.5, 0.6) is 0 Å². The average molecular weight is 328 g/mol. The predicted octanol–water partition coefficient (Wildman–Crippen LogP) is 2.01. The van der Waals surface area contributed by atoms with E-state index in [1.54, 1.807) is 23.1 Å². The summed E-state index contributed by atoms with van der Waals surface area (Å²) in [4.78, 5) is 21.5. The van der Waals surface area contributed by atoms with Crippen LogP contribution in [0.15, 0.2) is 28.2 Å². The summed E-state index contributed by atoms with van der Waals surface area (Å²) in [6.07, 6.45) is 0. The SMILES string of the molecule is CC(C)N=C(N)/N=C1/NC(=O)CN1c1cccc(Cl)c1Cl. The molecule has 112 valence electrons. The number of halogens is 2. The molecule has 0 radical (unpaired) electrons. The summed E-state index contributed by atoms with van der Waals surface area (Å²) in [6, 6.07) is 5.18. The van der Waals surface area contributed by atoms with Gasteiger partial charge in [0.05, 0.1) is 15.7 Å². The normalized spacial score (nSPS) is 17.8. The summed E-state index contributed by atoms with van der Waals surface area (Å²) >= 11 is 12.2. The van der Waals surface area contributed by atoms with Gasteiger partial charge in [0.1, 0.15) is 6.54 Å². The largest absolute Gasteiger partial charge is 0.368 e. The van der Waals surface area contributed by atoms with E-state index in [9.17, 15) is 4.79 Å². The lowest BCUT2D eigenvalue weighted by Crippen LogP contribution is -2.32. The maximum absolute atomic E-state index is 11.6. The van der Waals surface area contributed by atoms with E-state index < -0.39 is 0 Å². The number of aliphatic imine (C=N–C) groups is 2. The lowest BCUT2D eigenvalue weighted by atomic mass is 10.3. The number of hydrogen-bond acceptors (Lipinski definition) is 2. The van der Waals surface area contributed by atoms with E-state index in [0.29, 0.717) is 15.7 Å². The van der Waals surface area contributed by atoms with Gasteiger partial charge >= 0.3 is 0 Å². The predicted molar refractivity (Wildman–Crippen MR) is 86.1 cm³/mol. The molecule has 0 saturated carbocycles. The third-order valence-electron chi connectivity index (χ3n) is 2.64. The molecule has 0 aromatic heterocycles. The van der Waals surface area contributed by atoms with Crippen molar-refractivity contribution in [1.82, 2.24) is 5.32 Å². The molecule has 1 heterocycles. The number of guanidine groups is 2. The van der Waals surface area contributed by atoms with Gasteiger partial charge in [0, 0.05) is 6.04 Å². The molecular weight excluding hydrogens is 313 g/mol. The Morgan fingerprint density at radius 3 is 2.81 bits per heavy atom. The zero-order valence-electron chi connectivity index (χ0n) is 11.6. The summed E-state index contributed by atoms with van der Waals surface area (Å²) in [6.45, 7) is 3.85. The highest BCUT2D eigenvalue weighted by Crippen LogP contribution is 2.33. The van der Waals surface area contributed by atoms with Crippen LogP contribution in [-0.4, -0.2) is 30.4 Å². The minimum Gasteiger partial charge on any atom is -0.368 e. The molecule has 0 spiro atoms. The van der Waals surface area contributed by atoms with E-state index in [-0.39, 0.29) is 30.4 Å². The minimum atomic E-state index is -0.206. The standard InChI is InChI=1S/C13H15Cl2N5O/c1-7(2)17-12(16)19-13-18-10(21)6-20(13)9-5-3-4-8(14)11(9)15/h3-5,7H,6H2,1-2H3,(H3,16,17,18,19,21). The number of amides is 1. The van der Waals surface area contributed by atoms with Crippen LogP contribution < -0.4 is 16.0 Å². The van der Waals surface area contributed by atoms with E-state index >= 15 is 0 Å². The van der Waals surface area contributed by atoms with Crippen LogP contribution in [0, 0.1) is 0 Å². The van der Waals surface area contributed by atoms with E-state index in [2.05, 4.69) is 15.3 Å². The van der Waals surface area contributed by atoms with Crippen LogP contribution in [0.25, 0.3) is 0 Å². The Morgan fingerprint density at radius 1 is 1.43 bits per heavy atom. The number of benzene rings is 1. The molecule has 2 rings (SSSR count). The second-order valence-corrected chi connectivity index (χ2v) is 5.51. The highest BCUT2D eigenvalue weighted by Gasteiger charge is 2.28. The number of nitrogens with one attached hydrogen (secondary N) is 1. The van der Waals surface area contributed by atoms with Gasteiger partial charge in [-0.1, -0.05) is 29.3 Å². The molecule has 1 aliphatic heterocycles. The topological polar surface area (TPSA) is 83.1 Å². The fourth-order valence-corrected chi connectivity index (χ4v) is 2.24. The number of rotatable bonds is 2. The average Bonchev–Trinajstić information content (AvgIpc) is 2.72. The van der Waals surface area contributed by atoms with Gasteiger partial charge in [-0.2, -0.15) is 4.99 Å². The molecule has 21 heavy (non-hydrogen) atoms. The fraction of sp³-hybridized carbons (Fsp3) is 0.308. The lowest BCUT2D eigenvalue weighted by molar-refractivity contribution is -0.117. The molecule has 6 nitrogen and oxygen atoms in total. The Kier molecular flexibility index (Phi) is 4.69. The van der Waals surface area contributed by atoms with Gasteiger partial charge in [-0.25, -0.2) is 4.99 Å². The first-order chi connectivity index (χ1) is 9.88. The Balaban J connectivity index is 2.40. The Morgan fingerprint density at radius 2 is 2.14 bits per heavy atom. The Hall–Kier alpha value is -1.79. The Labute approximate surface area is 132 Å². The molecule has 8 heteroatoms. The molecule has 0 aliphatic carbocycles. The fourth-order valence-electron chi connectivity index (χ4n) is 1.84. The highest BCUT2D eigenvalue weighted by atomic mass is 35.5. The van der Waals surface area contributed by atoms with Crippen molar-refractivity contribution in [3.05, 3.63) is 28.2 Å². The molecule has 1 aromatic rings. The molecule has 0 unspecified atom stereocenters. The van der Waals surface area contributed by atoms with E-state index in [0.717, 1.165) is 0 Å². The summed E-state index contributed by atoms with van der Waals surface area (Å²) < 4.78 is 0. The van der Waals surface area contributed by atoms with Crippen molar-refractivity contribution >= 4 is 46.7 Å². The summed E-state index contributed by atoms with van der Waals surface area (Å²) in [5.74, 6) is 0.165. The third-order valence-corrected chi connectivity index (χ3v) is 3.45. The summed E-state index contributed by atoms with van der Waals surface area (Å²) in [5.41, 5.74) is 6.32. The first-order valence-corrected chi connectivity index (χ1v) is 7.07. The zero-order chi connectivity index (χ0) is 15.6. The number of carbonyl (C=O) groups excluding carboxylic acids is 1. The van der Waals surface area contributed by atoms with Crippen LogP contribution in [0.3, 0.4) is 0 Å². The zero-order valence-corrected chi connectivity index (χ0v) is 13.1. The smallest absolute Gasteiger partial charge is 0.246 e. The van der Waals surface area contributed by atoms with Crippen molar-refractivity contribution in [2.24, 2.45) is 15.7 Å². The van der Waals surface area contributed by atoms with Gasteiger partial charge in [0.2, 0.25) is 17.8 Å². The molecule has 0 bridgehead atoms. The second-order valence-electron chi connectivity index (χ2n) is 4.72.